The summed E-state index contributed by atoms with van der Waals surface area (Å²) in [6, 6.07) is 8.22. The normalized spacial score (nSPS) is 16.5. The van der Waals surface area contributed by atoms with Crippen LogP contribution in [0.2, 0.25) is 0 Å². The van der Waals surface area contributed by atoms with E-state index in [1.807, 2.05) is 17.0 Å². The van der Waals surface area contributed by atoms with Gasteiger partial charge in [-0.2, -0.15) is 0 Å². The van der Waals surface area contributed by atoms with Gasteiger partial charge in [-0.3, -0.25) is 4.79 Å². The van der Waals surface area contributed by atoms with Crippen LogP contribution in [0.1, 0.15) is 48.7 Å². The van der Waals surface area contributed by atoms with Crippen LogP contribution in [0, 0.1) is 5.92 Å². The first-order chi connectivity index (χ1) is 12.5. The molecule has 1 aliphatic rings. The molecule has 2 aromatic rings. The first-order valence-electron chi connectivity index (χ1n) is 9.12. The van der Waals surface area contributed by atoms with Gasteiger partial charge < -0.3 is 14.4 Å². The van der Waals surface area contributed by atoms with Crippen LogP contribution >= 0.6 is 11.3 Å². The Morgan fingerprint density at radius 3 is 2.62 bits per heavy atom. The van der Waals surface area contributed by atoms with Crippen LogP contribution in [-0.4, -0.2) is 31.6 Å². The molecule has 1 aromatic heterocycles. The second kappa shape index (κ2) is 8.12. The largest absolute Gasteiger partial charge is 0.493 e. The van der Waals surface area contributed by atoms with E-state index in [1.165, 1.54) is 10.4 Å². The second-order valence-corrected chi connectivity index (χ2v) is 8.07. The van der Waals surface area contributed by atoms with Crippen molar-refractivity contribution >= 4 is 17.2 Å². The van der Waals surface area contributed by atoms with Gasteiger partial charge in [-0.05, 0) is 53.5 Å². The Bertz CT molecular complexity index is 755. The first-order valence-corrected chi connectivity index (χ1v) is 10.0. The van der Waals surface area contributed by atoms with Gasteiger partial charge in [0.05, 0.1) is 20.3 Å². The van der Waals surface area contributed by atoms with Crippen LogP contribution in [0.15, 0.2) is 29.6 Å². The molecule has 0 saturated heterocycles. The van der Waals surface area contributed by atoms with Crippen molar-refractivity contribution in [3.8, 4) is 11.5 Å². The molecule has 26 heavy (non-hydrogen) atoms. The lowest BCUT2D eigenvalue weighted by Crippen LogP contribution is -2.40. The Kier molecular flexibility index (Phi) is 5.87. The van der Waals surface area contributed by atoms with Gasteiger partial charge >= 0.3 is 0 Å². The van der Waals surface area contributed by atoms with E-state index in [4.69, 9.17) is 9.47 Å². The summed E-state index contributed by atoms with van der Waals surface area (Å²) in [7, 11) is 3.31. The maximum atomic E-state index is 13.0. The van der Waals surface area contributed by atoms with Crippen molar-refractivity contribution in [2.24, 2.45) is 5.92 Å². The fraction of sp³-hybridized carbons (Fsp3) is 0.476. The number of hydrogen-bond donors (Lipinski definition) is 0. The Morgan fingerprint density at radius 2 is 2.00 bits per heavy atom. The van der Waals surface area contributed by atoms with Crippen LogP contribution < -0.4 is 9.47 Å². The van der Waals surface area contributed by atoms with Crippen molar-refractivity contribution in [1.29, 1.82) is 0 Å². The van der Waals surface area contributed by atoms with Gasteiger partial charge in [0.15, 0.2) is 11.5 Å². The van der Waals surface area contributed by atoms with E-state index < -0.39 is 0 Å². The molecule has 4 nitrogen and oxygen atoms in total. The van der Waals surface area contributed by atoms with Crippen LogP contribution in [-0.2, 0) is 11.2 Å². The predicted molar refractivity (Wildman–Crippen MR) is 105 cm³/mol. The Morgan fingerprint density at radius 1 is 1.27 bits per heavy atom. The molecule has 1 atom stereocenters. The van der Waals surface area contributed by atoms with Gasteiger partial charge in [-0.1, -0.05) is 19.9 Å². The zero-order valence-electron chi connectivity index (χ0n) is 16.0. The van der Waals surface area contributed by atoms with E-state index in [1.54, 1.807) is 25.6 Å². The number of amides is 1. The van der Waals surface area contributed by atoms with Crippen LogP contribution in [0.3, 0.4) is 0 Å². The highest BCUT2D eigenvalue weighted by molar-refractivity contribution is 7.10. The van der Waals surface area contributed by atoms with Gasteiger partial charge in [-0.15, -0.1) is 11.3 Å². The Hall–Kier alpha value is -2.01. The Balaban J connectivity index is 2.01. The fourth-order valence-electron chi connectivity index (χ4n) is 3.52. The summed E-state index contributed by atoms with van der Waals surface area (Å²) in [6.07, 6.45) is 2.36. The maximum absolute atomic E-state index is 13.0. The van der Waals surface area contributed by atoms with Crippen LogP contribution in [0.25, 0.3) is 0 Å². The standard InChI is InChI=1S/C21H27NO3S/c1-14(2)7-8-20(23)22-10-9-15-12-17(24-3)18(25-4)13-16(15)21(22)19-6-5-11-26-19/h5-6,11-14,21H,7-10H2,1-4H3/t21-/m1/s1. The minimum Gasteiger partial charge on any atom is -0.493 e. The smallest absolute Gasteiger partial charge is 0.223 e. The number of nitrogens with zero attached hydrogens (tertiary/aromatic N) is 1. The molecule has 1 aliphatic heterocycles. The lowest BCUT2D eigenvalue weighted by Gasteiger charge is -2.37. The summed E-state index contributed by atoms with van der Waals surface area (Å²) in [5.41, 5.74) is 2.38. The summed E-state index contributed by atoms with van der Waals surface area (Å²) >= 11 is 1.70. The minimum absolute atomic E-state index is 0.0433. The summed E-state index contributed by atoms with van der Waals surface area (Å²) < 4.78 is 11.0. The average Bonchev–Trinajstić information content (AvgIpc) is 3.18. The lowest BCUT2D eigenvalue weighted by molar-refractivity contribution is -0.133. The third-order valence-electron chi connectivity index (χ3n) is 4.94. The number of rotatable bonds is 6. The number of hydrogen-bond acceptors (Lipinski definition) is 4. The molecule has 0 fully saturated rings. The van der Waals surface area contributed by atoms with Crippen molar-refractivity contribution in [3.63, 3.8) is 0 Å². The molecule has 0 bridgehead atoms. The molecular weight excluding hydrogens is 346 g/mol. The van der Waals surface area contributed by atoms with E-state index >= 15 is 0 Å². The van der Waals surface area contributed by atoms with Gasteiger partial charge in [0.25, 0.3) is 0 Å². The number of methoxy groups -OCH3 is 2. The zero-order valence-corrected chi connectivity index (χ0v) is 16.8. The van der Waals surface area contributed by atoms with Gasteiger partial charge in [0.2, 0.25) is 5.91 Å². The molecule has 0 N–H and O–H groups in total. The molecule has 0 spiro atoms. The molecular formula is C21H27NO3S. The lowest BCUT2D eigenvalue weighted by atomic mass is 9.90. The third-order valence-corrected chi connectivity index (χ3v) is 5.87. The van der Waals surface area contributed by atoms with Gasteiger partial charge in [0, 0.05) is 17.8 Å². The first kappa shape index (κ1) is 18.8. The molecule has 5 heteroatoms. The van der Waals surface area contributed by atoms with E-state index in [0.717, 1.165) is 30.7 Å². The molecule has 0 saturated carbocycles. The summed E-state index contributed by atoms with van der Waals surface area (Å²) in [5.74, 6) is 2.22. The molecule has 0 radical (unpaired) electrons. The SMILES string of the molecule is COc1cc2c(cc1OC)[C@H](c1cccs1)N(C(=O)CCC(C)C)CC2. The van der Waals surface area contributed by atoms with Crippen LogP contribution in [0.4, 0.5) is 0 Å². The quantitative estimate of drug-likeness (QED) is 0.738. The average molecular weight is 374 g/mol. The van der Waals surface area contributed by atoms with E-state index in [0.29, 0.717) is 18.1 Å². The van der Waals surface area contributed by atoms with Gasteiger partial charge in [0.1, 0.15) is 0 Å². The van der Waals surface area contributed by atoms with E-state index in [-0.39, 0.29) is 11.9 Å². The summed E-state index contributed by atoms with van der Waals surface area (Å²) in [4.78, 5) is 16.2. The number of fused-ring (bicyclic) bond motifs is 1. The van der Waals surface area contributed by atoms with Gasteiger partial charge in [-0.25, -0.2) is 0 Å². The predicted octanol–water partition coefficient (Wildman–Crippen LogP) is 4.68. The Labute approximate surface area is 159 Å². The molecule has 1 amide bonds. The third kappa shape index (κ3) is 3.73. The molecule has 3 rings (SSSR count). The molecule has 2 heterocycles. The van der Waals surface area contributed by atoms with E-state index in [2.05, 4.69) is 31.4 Å². The molecule has 0 aliphatic carbocycles. The van der Waals surface area contributed by atoms with Crippen molar-refractivity contribution in [1.82, 2.24) is 4.90 Å². The molecule has 140 valence electrons. The number of carbonyl (C=O) groups excluding carboxylic acids is 1. The van der Waals surface area contributed by atoms with Crippen molar-refractivity contribution < 1.29 is 14.3 Å². The fourth-order valence-corrected chi connectivity index (χ4v) is 4.38. The number of thiophene rings is 1. The topological polar surface area (TPSA) is 38.8 Å². The highest BCUT2D eigenvalue weighted by atomic mass is 32.1. The number of benzene rings is 1. The number of carbonyl (C=O) groups is 1. The molecule has 0 unspecified atom stereocenters. The zero-order chi connectivity index (χ0) is 18.7. The van der Waals surface area contributed by atoms with Crippen molar-refractivity contribution in [2.45, 2.75) is 39.2 Å². The summed E-state index contributed by atoms with van der Waals surface area (Å²) in [5, 5.41) is 2.07. The highest BCUT2D eigenvalue weighted by Gasteiger charge is 2.33. The minimum atomic E-state index is -0.0433. The van der Waals surface area contributed by atoms with E-state index in [9.17, 15) is 4.79 Å². The number of ether oxygens (including phenoxy) is 2. The monoisotopic (exact) mass is 373 g/mol. The highest BCUT2D eigenvalue weighted by Crippen LogP contribution is 2.42. The summed E-state index contributed by atoms with van der Waals surface area (Å²) in [6.45, 7) is 5.06. The molecule has 1 aromatic carbocycles. The van der Waals surface area contributed by atoms with Crippen molar-refractivity contribution in [2.75, 3.05) is 20.8 Å². The van der Waals surface area contributed by atoms with Crippen LogP contribution in [0.5, 0.6) is 11.5 Å². The van der Waals surface area contributed by atoms with Crippen molar-refractivity contribution in [3.05, 3.63) is 45.6 Å². The maximum Gasteiger partial charge on any atom is 0.223 e. The second-order valence-electron chi connectivity index (χ2n) is 7.09.